The van der Waals surface area contributed by atoms with Crippen LogP contribution in [0.1, 0.15) is 12.5 Å². The molecule has 2 aromatic carbocycles. The average Bonchev–Trinajstić information content (AvgIpc) is 2.36. The van der Waals surface area contributed by atoms with Gasteiger partial charge in [-0.3, -0.25) is 0 Å². The van der Waals surface area contributed by atoms with Crippen molar-refractivity contribution in [2.24, 2.45) is 0 Å². The van der Waals surface area contributed by atoms with E-state index < -0.39 is 0 Å². The molecule has 0 aliphatic rings. The topological polar surface area (TPSA) is 12.0 Å². The van der Waals surface area contributed by atoms with Crippen LogP contribution < -0.4 is 5.32 Å². The highest BCUT2D eigenvalue weighted by Crippen LogP contribution is 2.34. The Hall–Kier alpha value is -0.600. The van der Waals surface area contributed by atoms with Crippen LogP contribution in [0, 0.1) is 0 Å². The molecule has 0 saturated heterocycles. The molecule has 0 aliphatic heterocycles. The van der Waals surface area contributed by atoms with E-state index in [1.807, 2.05) is 24.3 Å². The lowest BCUT2D eigenvalue weighted by Crippen LogP contribution is -2.18. The van der Waals surface area contributed by atoms with Crippen molar-refractivity contribution in [3.63, 3.8) is 0 Å². The largest absolute Gasteiger partial charge is 0.380 e. The lowest BCUT2D eigenvalue weighted by molar-refractivity contribution is 0.790. The Bertz CT molecular complexity index is 572. The van der Waals surface area contributed by atoms with Crippen molar-refractivity contribution >= 4 is 52.1 Å². The summed E-state index contributed by atoms with van der Waals surface area (Å²) >= 11 is 24.1. The van der Waals surface area contributed by atoms with Crippen molar-refractivity contribution in [3.8, 4) is 0 Å². The van der Waals surface area contributed by atoms with Crippen LogP contribution in [0.25, 0.3) is 0 Å². The van der Waals surface area contributed by atoms with E-state index in [0.29, 0.717) is 20.8 Å². The third kappa shape index (κ3) is 4.20. The third-order valence-corrected chi connectivity index (χ3v) is 3.92. The second-order valence-electron chi connectivity index (χ2n) is 4.62. The molecule has 0 bridgehead atoms. The molecule has 0 aliphatic carbocycles. The number of halogens is 4. The SMILES string of the molecule is CC(Cc1ccc(Cl)cc1)Nc1c(Cl)cc(Cl)cc1Cl. The van der Waals surface area contributed by atoms with Crippen LogP contribution in [0.2, 0.25) is 20.1 Å². The summed E-state index contributed by atoms with van der Waals surface area (Å²) in [5, 5.41) is 5.61. The molecular formula is C15H13Cl4N. The van der Waals surface area contributed by atoms with Crippen LogP contribution in [-0.2, 0) is 6.42 Å². The van der Waals surface area contributed by atoms with E-state index in [1.165, 1.54) is 5.56 Å². The Labute approximate surface area is 138 Å². The first-order valence-electron chi connectivity index (χ1n) is 6.11. The van der Waals surface area contributed by atoms with Gasteiger partial charge in [0.25, 0.3) is 0 Å². The fourth-order valence-corrected chi connectivity index (χ4v) is 3.00. The van der Waals surface area contributed by atoms with Gasteiger partial charge in [-0.1, -0.05) is 58.5 Å². The Morgan fingerprint density at radius 2 is 1.45 bits per heavy atom. The summed E-state index contributed by atoms with van der Waals surface area (Å²) < 4.78 is 0. The highest BCUT2D eigenvalue weighted by Gasteiger charge is 2.11. The Balaban J connectivity index is 2.08. The van der Waals surface area contributed by atoms with E-state index in [9.17, 15) is 0 Å². The third-order valence-electron chi connectivity index (χ3n) is 2.85. The lowest BCUT2D eigenvalue weighted by Gasteiger charge is -2.18. The zero-order chi connectivity index (χ0) is 14.7. The molecule has 0 heterocycles. The van der Waals surface area contributed by atoms with Gasteiger partial charge in [0.1, 0.15) is 0 Å². The maximum atomic E-state index is 6.15. The van der Waals surface area contributed by atoms with Crippen LogP contribution in [0.3, 0.4) is 0 Å². The van der Waals surface area contributed by atoms with Gasteiger partial charge in [-0.25, -0.2) is 0 Å². The molecule has 2 aromatic rings. The Morgan fingerprint density at radius 3 is 2.00 bits per heavy atom. The number of anilines is 1. The predicted octanol–water partition coefficient (Wildman–Crippen LogP) is 6.34. The monoisotopic (exact) mass is 347 g/mol. The maximum Gasteiger partial charge on any atom is 0.0722 e. The predicted molar refractivity (Wildman–Crippen MR) is 89.7 cm³/mol. The molecular weight excluding hydrogens is 336 g/mol. The highest BCUT2D eigenvalue weighted by atomic mass is 35.5. The number of hydrogen-bond donors (Lipinski definition) is 1. The zero-order valence-electron chi connectivity index (χ0n) is 10.8. The number of rotatable bonds is 4. The maximum absolute atomic E-state index is 6.15. The van der Waals surface area contributed by atoms with Crippen molar-refractivity contribution < 1.29 is 0 Å². The normalized spacial score (nSPS) is 12.2. The quantitative estimate of drug-likeness (QED) is 0.679. The second-order valence-corrected chi connectivity index (χ2v) is 6.31. The first-order valence-corrected chi connectivity index (χ1v) is 7.62. The van der Waals surface area contributed by atoms with Gasteiger partial charge in [-0.05, 0) is 43.2 Å². The first-order chi connectivity index (χ1) is 9.45. The van der Waals surface area contributed by atoms with Crippen LogP contribution >= 0.6 is 46.4 Å². The van der Waals surface area contributed by atoms with Crippen LogP contribution in [0.4, 0.5) is 5.69 Å². The van der Waals surface area contributed by atoms with Gasteiger partial charge in [0, 0.05) is 16.1 Å². The van der Waals surface area contributed by atoms with Crippen molar-refractivity contribution in [3.05, 3.63) is 62.1 Å². The van der Waals surface area contributed by atoms with Crippen LogP contribution in [-0.4, -0.2) is 6.04 Å². The van der Waals surface area contributed by atoms with E-state index in [1.54, 1.807) is 12.1 Å². The smallest absolute Gasteiger partial charge is 0.0722 e. The number of benzene rings is 2. The van der Waals surface area contributed by atoms with Crippen molar-refractivity contribution in [1.29, 1.82) is 0 Å². The van der Waals surface area contributed by atoms with Gasteiger partial charge in [-0.2, -0.15) is 0 Å². The van der Waals surface area contributed by atoms with Gasteiger partial charge in [-0.15, -0.1) is 0 Å². The fraction of sp³-hybridized carbons (Fsp3) is 0.200. The molecule has 0 spiro atoms. The second kappa shape index (κ2) is 6.91. The minimum Gasteiger partial charge on any atom is -0.380 e. The van der Waals surface area contributed by atoms with E-state index in [-0.39, 0.29) is 6.04 Å². The van der Waals surface area contributed by atoms with E-state index in [0.717, 1.165) is 11.4 Å². The van der Waals surface area contributed by atoms with E-state index in [4.69, 9.17) is 46.4 Å². The minimum atomic E-state index is 0.173. The molecule has 20 heavy (non-hydrogen) atoms. The van der Waals surface area contributed by atoms with Crippen molar-refractivity contribution in [2.75, 3.05) is 5.32 Å². The van der Waals surface area contributed by atoms with E-state index in [2.05, 4.69) is 12.2 Å². The summed E-state index contributed by atoms with van der Waals surface area (Å²) in [6, 6.07) is 11.3. The molecule has 0 radical (unpaired) electrons. The van der Waals surface area contributed by atoms with Gasteiger partial charge in [0.2, 0.25) is 0 Å². The number of hydrogen-bond acceptors (Lipinski definition) is 1. The Kier molecular flexibility index (Phi) is 5.45. The Morgan fingerprint density at radius 1 is 0.900 bits per heavy atom. The fourth-order valence-electron chi connectivity index (χ4n) is 1.95. The van der Waals surface area contributed by atoms with E-state index >= 15 is 0 Å². The summed E-state index contributed by atoms with van der Waals surface area (Å²) in [6.07, 6.45) is 0.840. The first kappa shape index (κ1) is 15.8. The van der Waals surface area contributed by atoms with Gasteiger partial charge in [0.05, 0.1) is 15.7 Å². The number of nitrogens with one attached hydrogen (secondary N) is 1. The molecule has 106 valence electrons. The molecule has 1 nitrogen and oxygen atoms in total. The van der Waals surface area contributed by atoms with Crippen LogP contribution in [0.5, 0.6) is 0 Å². The van der Waals surface area contributed by atoms with Gasteiger partial charge < -0.3 is 5.32 Å². The summed E-state index contributed by atoms with van der Waals surface area (Å²) in [5.74, 6) is 0. The van der Waals surface area contributed by atoms with Gasteiger partial charge in [0.15, 0.2) is 0 Å². The molecule has 2 rings (SSSR count). The van der Waals surface area contributed by atoms with Crippen LogP contribution in [0.15, 0.2) is 36.4 Å². The van der Waals surface area contributed by atoms with Gasteiger partial charge >= 0.3 is 0 Å². The van der Waals surface area contributed by atoms with Crippen molar-refractivity contribution in [1.82, 2.24) is 0 Å². The standard InChI is InChI=1S/C15H13Cl4N/c1-9(6-10-2-4-11(16)5-3-10)20-15-13(18)7-12(17)8-14(15)19/h2-5,7-9,20H,6H2,1H3. The molecule has 1 unspecified atom stereocenters. The molecule has 0 fully saturated rings. The molecule has 0 saturated carbocycles. The highest BCUT2D eigenvalue weighted by molar-refractivity contribution is 6.41. The lowest BCUT2D eigenvalue weighted by atomic mass is 10.1. The molecule has 0 amide bonds. The van der Waals surface area contributed by atoms with Crippen molar-refractivity contribution in [2.45, 2.75) is 19.4 Å². The minimum absolute atomic E-state index is 0.173. The summed E-state index contributed by atoms with van der Waals surface area (Å²) in [6.45, 7) is 2.07. The molecule has 5 heteroatoms. The summed E-state index contributed by atoms with van der Waals surface area (Å²) in [5.41, 5.74) is 1.90. The summed E-state index contributed by atoms with van der Waals surface area (Å²) in [7, 11) is 0. The average molecular weight is 349 g/mol. The molecule has 1 N–H and O–H groups in total. The molecule has 0 aromatic heterocycles. The molecule has 1 atom stereocenters. The zero-order valence-corrected chi connectivity index (χ0v) is 13.8. The summed E-state index contributed by atoms with van der Waals surface area (Å²) in [4.78, 5) is 0.